The monoisotopic (exact) mass is 318 g/mol. The normalized spacial score (nSPS) is 10.6. The van der Waals surface area contributed by atoms with E-state index in [9.17, 15) is 0 Å². The summed E-state index contributed by atoms with van der Waals surface area (Å²) in [6, 6.07) is 11.7. The lowest BCUT2D eigenvalue weighted by Gasteiger charge is -2.02. The van der Waals surface area contributed by atoms with Crippen molar-refractivity contribution in [2.75, 3.05) is 5.32 Å². The molecule has 1 aromatic carbocycles. The Morgan fingerprint density at radius 1 is 1.26 bits per heavy atom. The van der Waals surface area contributed by atoms with Crippen molar-refractivity contribution in [3.8, 4) is 11.6 Å². The van der Waals surface area contributed by atoms with Gasteiger partial charge in [0.05, 0.1) is 6.26 Å². The van der Waals surface area contributed by atoms with E-state index >= 15 is 0 Å². The summed E-state index contributed by atoms with van der Waals surface area (Å²) in [5.41, 5.74) is 1.15. The van der Waals surface area contributed by atoms with Crippen LogP contribution in [0.3, 0.4) is 0 Å². The van der Waals surface area contributed by atoms with Crippen LogP contribution in [0.25, 0.3) is 11.6 Å². The van der Waals surface area contributed by atoms with Gasteiger partial charge in [-0.2, -0.15) is 4.98 Å². The highest BCUT2D eigenvalue weighted by atomic mass is 79.9. The quantitative estimate of drug-likeness (QED) is 0.773. The van der Waals surface area contributed by atoms with Crippen molar-refractivity contribution in [2.24, 2.45) is 0 Å². The fourth-order valence-electron chi connectivity index (χ4n) is 1.69. The number of nitrogens with one attached hydrogen (secondary N) is 2. The molecule has 2 N–H and O–H groups in total. The third-order valence-corrected chi connectivity index (χ3v) is 3.07. The standard InChI is InChI=1S/C13H11BrN4O/c14-10-4-1-3-9(7-10)8-15-13-16-12(17-18-13)11-5-2-6-19-11/h1-7H,8H2,(H2,15,16,17,18). The zero-order valence-electron chi connectivity index (χ0n) is 9.93. The van der Waals surface area contributed by atoms with Gasteiger partial charge in [-0.25, -0.2) is 0 Å². The second-order valence-electron chi connectivity index (χ2n) is 3.97. The molecule has 96 valence electrons. The van der Waals surface area contributed by atoms with E-state index in [-0.39, 0.29) is 0 Å². The van der Waals surface area contributed by atoms with E-state index in [1.165, 1.54) is 0 Å². The number of halogens is 1. The number of furan rings is 1. The highest BCUT2D eigenvalue weighted by Crippen LogP contribution is 2.17. The molecule has 2 aromatic heterocycles. The molecule has 0 aliphatic rings. The molecule has 3 aromatic rings. The summed E-state index contributed by atoms with van der Waals surface area (Å²) in [6.07, 6.45) is 1.60. The molecule has 0 unspecified atom stereocenters. The molecule has 0 amide bonds. The molecule has 0 bridgehead atoms. The number of anilines is 1. The minimum absolute atomic E-state index is 0.548. The Labute approximate surface area is 118 Å². The first-order valence-corrected chi connectivity index (χ1v) is 6.55. The molecular weight excluding hydrogens is 308 g/mol. The van der Waals surface area contributed by atoms with Crippen molar-refractivity contribution in [3.05, 3.63) is 52.7 Å². The highest BCUT2D eigenvalue weighted by molar-refractivity contribution is 9.10. The molecule has 0 spiro atoms. The molecule has 0 atom stereocenters. The Morgan fingerprint density at radius 2 is 2.21 bits per heavy atom. The second-order valence-corrected chi connectivity index (χ2v) is 4.88. The summed E-state index contributed by atoms with van der Waals surface area (Å²) < 4.78 is 6.30. The molecule has 19 heavy (non-hydrogen) atoms. The van der Waals surface area contributed by atoms with Gasteiger partial charge >= 0.3 is 0 Å². The van der Waals surface area contributed by atoms with E-state index in [1.807, 2.05) is 36.4 Å². The average molecular weight is 319 g/mol. The minimum atomic E-state index is 0.548. The van der Waals surface area contributed by atoms with Gasteiger partial charge in [0.1, 0.15) is 0 Å². The van der Waals surface area contributed by atoms with E-state index in [4.69, 9.17) is 4.42 Å². The van der Waals surface area contributed by atoms with Crippen molar-refractivity contribution >= 4 is 21.9 Å². The Hall–Kier alpha value is -2.08. The van der Waals surface area contributed by atoms with Crippen LogP contribution in [0.5, 0.6) is 0 Å². The molecular formula is C13H11BrN4O. The predicted molar refractivity (Wildman–Crippen MR) is 75.6 cm³/mol. The van der Waals surface area contributed by atoms with Gasteiger partial charge < -0.3 is 9.73 Å². The molecule has 6 heteroatoms. The van der Waals surface area contributed by atoms with Crippen LogP contribution in [0.1, 0.15) is 5.56 Å². The first-order valence-electron chi connectivity index (χ1n) is 5.76. The van der Waals surface area contributed by atoms with Gasteiger partial charge in [0.2, 0.25) is 5.95 Å². The lowest BCUT2D eigenvalue weighted by molar-refractivity contribution is 0.577. The number of aromatic nitrogens is 3. The van der Waals surface area contributed by atoms with E-state index in [2.05, 4.69) is 36.4 Å². The maximum absolute atomic E-state index is 5.24. The van der Waals surface area contributed by atoms with E-state index < -0.39 is 0 Å². The molecule has 0 aliphatic carbocycles. The molecule has 0 aliphatic heterocycles. The maximum Gasteiger partial charge on any atom is 0.242 e. The summed E-state index contributed by atoms with van der Waals surface area (Å²) in [5, 5.41) is 10.1. The van der Waals surface area contributed by atoms with Crippen LogP contribution < -0.4 is 5.32 Å². The largest absolute Gasteiger partial charge is 0.461 e. The first-order chi connectivity index (χ1) is 9.31. The molecule has 0 fully saturated rings. The van der Waals surface area contributed by atoms with E-state index in [0.29, 0.717) is 24.1 Å². The molecule has 0 saturated carbocycles. The number of rotatable bonds is 4. The van der Waals surface area contributed by atoms with Crippen LogP contribution in [-0.4, -0.2) is 15.2 Å². The Kier molecular flexibility index (Phi) is 3.33. The first kappa shape index (κ1) is 12.0. The number of nitrogens with zero attached hydrogens (tertiary/aromatic N) is 2. The topological polar surface area (TPSA) is 66.7 Å². The predicted octanol–water partition coefficient (Wildman–Crippen LogP) is 3.44. The van der Waals surface area contributed by atoms with Crippen LogP contribution in [0.4, 0.5) is 5.95 Å². The third-order valence-electron chi connectivity index (χ3n) is 2.58. The number of hydrogen-bond acceptors (Lipinski definition) is 4. The van der Waals surface area contributed by atoms with Crippen molar-refractivity contribution in [1.82, 2.24) is 15.2 Å². The zero-order valence-corrected chi connectivity index (χ0v) is 11.5. The van der Waals surface area contributed by atoms with Gasteiger partial charge in [-0.3, -0.25) is 5.10 Å². The van der Waals surface area contributed by atoms with E-state index in [0.717, 1.165) is 10.0 Å². The van der Waals surface area contributed by atoms with Gasteiger partial charge in [-0.15, -0.1) is 5.10 Å². The number of H-pyrrole nitrogens is 1. The third kappa shape index (κ3) is 2.85. The lowest BCUT2D eigenvalue weighted by Crippen LogP contribution is -2.00. The average Bonchev–Trinajstić information content (AvgIpc) is 3.07. The van der Waals surface area contributed by atoms with Gasteiger partial charge in [0, 0.05) is 11.0 Å². The molecule has 2 heterocycles. The fraction of sp³-hybridized carbons (Fsp3) is 0.0769. The second kappa shape index (κ2) is 5.27. The number of aromatic amines is 1. The SMILES string of the molecule is Brc1cccc(CNc2n[nH]c(-c3ccco3)n2)c1. The zero-order chi connectivity index (χ0) is 13.1. The molecule has 0 radical (unpaired) electrons. The summed E-state index contributed by atoms with van der Waals surface area (Å²) in [4.78, 5) is 4.31. The summed E-state index contributed by atoms with van der Waals surface area (Å²) in [5.74, 6) is 1.83. The van der Waals surface area contributed by atoms with Crippen molar-refractivity contribution < 1.29 is 4.42 Å². The number of hydrogen-bond donors (Lipinski definition) is 2. The van der Waals surface area contributed by atoms with E-state index in [1.54, 1.807) is 6.26 Å². The lowest BCUT2D eigenvalue weighted by atomic mass is 10.2. The van der Waals surface area contributed by atoms with Gasteiger partial charge in [-0.1, -0.05) is 28.1 Å². The maximum atomic E-state index is 5.24. The Morgan fingerprint density at radius 3 is 3.00 bits per heavy atom. The molecule has 5 nitrogen and oxygen atoms in total. The molecule has 3 rings (SSSR count). The minimum Gasteiger partial charge on any atom is -0.461 e. The van der Waals surface area contributed by atoms with Gasteiger partial charge in [0.15, 0.2) is 11.6 Å². The highest BCUT2D eigenvalue weighted by Gasteiger charge is 2.07. The van der Waals surface area contributed by atoms with Gasteiger partial charge in [-0.05, 0) is 29.8 Å². The summed E-state index contributed by atoms with van der Waals surface area (Å²) >= 11 is 3.44. The van der Waals surface area contributed by atoms with Crippen molar-refractivity contribution in [3.63, 3.8) is 0 Å². The van der Waals surface area contributed by atoms with Crippen molar-refractivity contribution in [1.29, 1.82) is 0 Å². The van der Waals surface area contributed by atoms with Gasteiger partial charge in [0.25, 0.3) is 0 Å². The van der Waals surface area contributed by atoms with Crippen LogP contribution in [0, 0.1) is 0 Å². The van der Waals surface area contributed by atoms with Crippen LogP contribution in [-0.2, 0) is 6.54 Å². The fourth-order valence-corrected chi connectivity index (χ4v) is 2.14. The summed E-state index contributed by atoms with van der Waals surface area (Å²) in [6.45, 7) is 0.662. The summed E-state index contributed by atoms with van der Waals surface area (Å²) in [7, 11) is 0. The number of benzene rings is 1. The molecule has 0 saturated heterocycles. The Balaban J connectivity index is 1.68. The smallest absolute Gasteiger partial charge is 0.242 e. The van der Waals surface area contributed by atoms with Crippen molar-refractivity contribution in [2.45, 2.75) is 6.54 Å². The Bertz CT molecular complexity index is 663. The van der Waals surface area contributed by atoms with Crippen LogP contribution in [0.15, 0.2) is 51.6 Å². The van der Waals surface area contributed by atoms with Crippen LogP contribution in [0.2, 0.25) is 0 Å². The van der Waals surface area contributed by atoms with Crippen LogP contribution >= 0.6 is 15.9 Å².